The number of nitrogens with two attached hydrogens (primary N) is 1. The minimum Gasteiger partial charge on any atom is -0.329 e. The van der Waals surface area contributed by atoms with Crippen LogP contribution in [0.4, 0.5) is 0 Å². The van der Waals surface area contributed by atoms with Gasteiger partial charge in [0.2, 0.25) is 0 Å². The zero-order valence-corrected chi connectivity index (χ0v) is 9.06. The average molecular weight is 172 g/mol. The summed E-state index contributed by atoms with van der Waals surface area (Å²) in [4.78, 5) is 2.45. The molecular weight excluding hydrogens is 148 g/mol. The van der Waals surface area contributed by atoms with Crippen molar-refractivity contribution in [2.24, 2.45) is 5.73 Å². The summed E-state index contributed by atoms with van der Waals surface area (Å²) >= 11 is 0. The molecule has 0 heterocycles. The monoisotopic (exact) mass is 172 g/mol. The molecule has 74 valence electrons. The molecule has 2 N–H and O–H groups in total. The Balaban J connectivity index is 3.86. The highest BCUT2D eigenvalue weighted by Gasteiger charge is 2.18. The molecule has 0 aromatic heterocycles. The summed E-state index contributed by atoms with van der Waals surface area (Å²) in [6.45, 7) is 11.9. The van der Waals surface area contributed by atoms with E-state index in [0.29, 0.717) is 0 Å². The third kappa shape index (κ3) is 4.73. The van der Waals surface area contributed by atoms with Crippen LogP contribution in [0.25, 0.3) is 0 Å². The van der Waals surface area contributed by atoms with Crippen LogP contribution >= 0.6 is 0 Å². The summed E-state index contributed by atoms with van der Waals surface area (Å²) in [6, 6.07) is 0. The Hall–Kier alpha value is -0.0800. The average Bonchev–Trinajstić information content (AvgIpc) is 1.95. The first-order chi connectivity index (χ1) is 5.52. The predicted molar refractivity (Wildman–Crippen MR) is 55.3 cm³/mol. The Labute approximate surface area is 77.1 Å². The molecule has 0 spiro atoms. The third-order valence-electron chi connectivity index (χ3n) is 2.13. The predicted octanol–water partition coefficient (Wildman–Crippen LogP) is 1.85. The normalized spacial score (nSPS) is 12.5. The number of unbranched alkanes of at least 4 members (excludes halogenated alkanes) is 1. The van der Waals surface area contributed by atoms with Crippen LogP contribution in [-0.2, 0) is 0 Å². The minimum absolute atomic E-state index is 0.272. The van der Waals surface area contributed by atoms with Crippen molar-refractivity contribution in [3.05, 3.63) is 0 Å². The van der Waals surface area contributed by atoms with Gasteiger partial charge in [0.05, 0.1) is 0 Å². The molecule has 12 heavy (non-hydrogen) atoms. The van der Waals surface area contributed by atoms with Crippen molar-refractivity contribution in [3.63, 3.8) is 0 Å². The summed E-state index contributed by atoms with van der Waals surface area (Å²) in [7, 11) is 0. The van der Waals surface area contributed by atoms with E-state index in [4.69, 9.17) is 5.73 Å². The van der Waals surface area contributed by atoms with E-state index in [1.165, 1.54) is 19.4 Å². The van der Waals surface area contributed by atoms with Crippen molar-refractivity contribution in [2.45, 2.75) is 46.1 Å². The van der Waals surface area contributed by atoms with Crippen molar-refractivity contribution in [1.82, 2.24) is 4.90 Å². The lowest BCUT2D eigenvalue weighted by Crippen LogP contribution is -2.44. The van der Waals surface area contributed by atoms with Gasteiger partial charge in [-0.25, -0.2) is 0 Å². The maximum atomic E-state index is 5.56. The standard InChI is InChI=1S/C10H24N2/c1-5-6-8-12(9-7-11)10(2,3)4/h5-9,11H2,1-4H3. The van der Waals surface area contributed by atoms with E-state index < -0.39 is 0 Å². The van der Waals surface area contributed by atoms with Crippen LogP contribution < -0.4 is 5.73 Å². The smallest absolute Gasteiger partial charge is 0.0125 e. The van der Waals surface area contributed by atoms with E-state index in [9.17, 15) is 0 Å². The van der Waals surface area contributed by atoms with Gasteiger partial charge in [-0.1, -0.05) is 13.3 Å². The van der Waals surface area contributed by atoms with Crippen molar-refractivity contribution in [2.75, 3.05) is 19.6 Å². The molecule has 0 aliphatic rings. The minimum atomic E-state index is 0.272. The van der Waals surface area contributed by atoms with Gasteiger partial charge in [-0.3, -0.25) is 4.90 Å². The molecule has 0 atom stereocenters. The van der Waals surface area contributed by atoms with Crippen LogP contribution in [0.1, 0.15) is 40.5 Å². The molecule has 0 aliphatic carbocycles. The maximum absolute atomic E-state index is 5.56. The van der Waals surface area contributed by atoms with Gasteiger partial charge in [-0.05, 0) is 33.7 Å². The summed E-state index contributed by atoms with van der Waals surface area (Å²) in [5.74, 6) is 0. The fraction of sp³-hybridized carbons (Fsp3) is 1.00. The van der Waals surface area contributed by atoms with Crippen LogP contribution in [0.5, 0.6) is 0 Å². The van der Waals surface area contributed by atoms with Gasteiger partial charge in [0.25, 0.3) is 0 Å². The van der Waals surface area contributed by atoms with E-state index in [1.54, 1.807) is 0 Å². The topological polar surface area (TPSA) is 29.3 Å². The highest BCUT2D eigenvalue weighted by Crippen LogP contribution is 2.12. The van der Waals surface area contributed by atoms with Gasteiger partial charge in [-0.15, -0.1) is 0 Å². The van der Waals surface area contributed by atoms with Gasteiger partial charge in [0.15, 0.2) is 0 Å². The molecule has 0 aliphatic heterocycles. The maximum Gasteiger partial charge on any atom is 0.0125 e. The zero-order chi connectivity index (χ0) is 9.61. The molecule has 0 aromatic rings. The lowest BCUT2D eigenvalue weighted by atomic mass is 10.1. The fourth-order valence-electron chi connectivity index (χ4n) is 1.29. The lowest BCUT2D eigenvalue weighted by Gasteiger charge is -2.35. The number of nitrogens with zero attached hydrogens (tertiary/aromatic N) is 1. The van der Waals surface area contributed by atoms with Crippen molar-refractivity contribution < 1.29 is 0 Å². The largest absolute Gasteiger partial charge is 0.329 e. The number of hydrogen-bond acceptors (Lipinski definition) is 2. The molecule has 0 saturated heterocycles. The van der Waals surface area contributed by atoms with Crippen LogP contribution in [0.3, 0.4) is 0 Å². The molecule has 2 nitrogen and oxygen atoms in total. The highest BCUT2D eigenvalue weighted by molar-refractivity contribution is 4.75. The third-order valence-corrected chi connectivity index (χ3v) is 2.13. The molecule has 2 heteroatoms. The summed E-state index contributed by atoms with van der Waals surface area (Å²) in [5, 5.41) is 0. The molecule has 0 fully saturated rings. The van der Waals surface area contributed by atoms with E-state index in [2.05, 4.69) is 32.6 Å². The Morgan fingerprint density at radius 1 is 1.17 bits per heavy atom. The molecule has 0 radical (unpaired) electrons. The lowest BCUT2D eigenvalue weighted by molar-refractivity contribution is 0.139. The van der Waals surface area contributed by atoms with Crippen LogP contribution in [0.15, 0.2) is 0 Å². The second kappa shape index (κ2) is 5.55. The fourth-order valence-corrected chi connectivity index (χ4v) is 1.29. The molecule has 0 unspecified atom stereocenters. The van der Waals surface area contributed by atoms with E-state index in [0.717, 1.165) is 13.1 Å². The van der Waals surface area contributed by atoms with E-state index >= 15 is 0 Å². The van der Waals surface area contributed by atoms with Crippen molar-refractivity contribution >= 4 is 0 Å². The zero-order valence-electron chi connectivity index (χ0n) is 9.06. The first-order valence-electron chi connectivity index (χ1n) is 4.97. The summed E-state index contributed by atoms with van der Waals surface area (Å²) in [6.07, 6.45) is 2.54. The van der Waals surface area contributed by atoms with Gasteiger partial charge >= 0.3 is 0 Å². The number of rotatable bonds is 5. The Morgan fingerprint density at radius 3 is 2.08 bits per heavy atom. The summed E-state index contributed by atoms with van der Waals surface area (Å²) in [5.41, 5.74) is 5.83. The Kier molecular flexibility index (Phi) is 5.51. The van der Waals surface area contributed by atoms with Gasteiger partial charge in [0.1, 0.15) is 0 Å². The summed E-state index contributed by atoms with van der Waals surface area (Å²) < 4.78 is 0. The molecule has 0 aromatic carbocycles. The second-order valence-corrected chi connectivity index (χ2v) is 4.30. The first-order valence-corrected chi connectivity index (χ1v) is 4.97. The Morgan fingerprint density at radius 2 is 1.75 bits per heavy atom. The van der Waals surface area contributed by atoms with Gasteiger partial charge < -0.3 is 5.73 Å². The first kappa shape index (κ1) is 11.9. The van der Waals surface area contributed by atoms with Crippen molar-refractivity contribution in [1.29, 1.82) is 0 Å². The number of hydrogen-bond donors (Lipinski definition) is 1. The van der Waals surface area contributed by atoms with E-state index in [1.807, 2.05) is 0 Å². The van der Waals surface area contributed by atoms with Gasteiger partial charge in [-0.2, -0.15) is 0 Å². The molecule has 0 saturated carbocycles. The molecule has 0 bridgehead atoms. The Bertz CT molecular complexity index is 105. The quantitative estimate of drug-likeness (QED) is 0.685. The van der Waals surface area contributed by atoms with Crippen LogP contribution in [-0.4, -0.2) is 30.1 Å². The second-order valence-electron chi connectivity index (χ2n) is 4.30. The molecular formula is C10H24N2. The van der Waals surface area contributed by atoms with Crippen LogP contribution in [0.2, 0.25) is 0 Å². The highest BCUT2D eigenvalue weighted by atomic mass is 15.2. The molecule has 0 rings (SSSR count). The van der Waals surface area contributed by atoms with E-state index in [-0.39, 0.29) is 5.54 Å². The van der Waals surface area contributed by atoms with Gasteiger partial charge in [0, 0.05) is 18.6 Å². The SMILES string of the molecule is CCCCN(CCN)C(C)(C)C. The van der Waals surface area contributed by atoms with Crippen LogP contribution in [0, 0.1) is 0 Å². The van der Waals surface area contributed by atoms with Crippen molar-refractivity contribution in [3.8, 4) is 0 Å². The molecule has 0 amide bonds.